The van der Waals surface area contributed by atoms with Crippen LogP contribution in [-0.4, -0.2) is 16.1 Å². The van der Waals surface area contributed by atoms with Gasteiger partial charge in [-0.05, 0) is 23.9 Å². The first kappa shape index (κ1) is 7.36. The maximum absolute atomic E-state index is 10.7. The largest absolute Gasteiger partial charge is 0.477 e. The van der Waals surface area contributed by atoms with E-state index in [9.17, 15) is 4.79 Å². The number of nitrogens with one attached hydrogen (secondary N) is 1. The van der Waals surface area contributed by atoms with Gasteiger partial charge in [0.05, 0.1) is 10.2 Å². The lowest BCUT2D eigenvalue weighted by Gasteiger charge is -1.89. The highest BCUT2D eigenvalue weighted by Gasteiger charge is 2.13. The number of H-pyrrole nitrogens is 1. The molecule has 2 heterocycles. The molecule has 2 rings (SSSR count). The molecule has 0 saturated carbocycles. The Morgan fingerprint density at radius 3 is 3.00 bits per heavy atom. The molecule has 0 fully saturated rings. The SMILES string of the molecule is Cc1c(C(=O)O)[nH]c2ccsc12. The number of rotatable bonds is 1. The van der Waals surface area contributed by atoms with Gasteiger partial charge in [0.25, 0.3) is 0 Å². The van der Waals surface area contributed by atoms with Crippen LogP contribution in [0.4, 0.5) is 0 Å². The van der Waals surface area contributed by atoms with Gasteiger partial charge in [0.1, 0.15) is 5.69 Å². The van der Waals surface area contributed by atoms with Gasteiger partial charge in [-0.3, -0.25) is 0 Å². The van der Waals surface area contributed by atoms with Gasteiger partial charge in [0, 0.05) is 0 Å². The van der Waals surface area contributed by atoms with E-state index >= 15 is 0 Å². The molecule has 2 aromatic heterocycles. The number of carboxylic acids is 1. The highest BCUT2D eigenvalue weighted by atomic mass is 32.1. The number of carboxylic acid groups (broad SMARTS) is 1. The van der Waals surface area contributed by atoms with Crippen LogP contribution in [0.1, 0.15) is 16.1 Å². The fraction of sp³-hybridized carbons (Fsp3) is 0.125. The van der Waals surface area contributed by atoms with Crippen LogP contribution in [0, 0.1) is 6.92 Å². The Labute approximate surface area is 72.6 Å². The third kappa shape index (κ3) is 0.848. The summed E-state index contributed by atoms with van der Waals surface area (Å²) < 4.78 is 1.03. The molecule has 2 N–H and O–H groups in total. The van der Waals surface area contributed by atoms with Gasteiger partial charge >= 0.3 is 5.97 Å². The summed E-state index contributed by atoms with van der Waals surface area (Å²) in [5.74, 6) is -0.893. The Balaban J connectivity index is 2.78. The van der Waals surface area contributed by atoms with E-state index < -0.39 is 5.97 Å². The first-order chi connectivity index (χ1) is 5.70. The second-order valence-electron chi connectivity index (χ2n) is 2.59. The average molecular weight is 181 g/mol. The fourth-order valence-electron chi connectivity index (χ4n) is 1.25. The number of carbonyl (C=O) groups is 1. The zero-order chi connectivity index (χ0) is 8.72. The quantitative estimate of drug-likeness (QED) is 0.708. The first-order valence-corrected chi connectivity index (χ1v) is 4.37. The van der Waals surface area contributed by atoms with Gasteiger partial charge in [-0.25, -0.2) is 4.79 Å². The molecule has 2 aromatic rings. The van der Waals surface area contributed by atoms with Gasteiger partial charge in [-0.1, -0.05) is 0 Å². The summed E-state index contributed by atoms with van der Waals surface area (Å²) >= 11 is 1.56. The molecule has 3 nitrogen and oxygen atoms in total. The molecular formula is C8H7NO2S. The molecular weight excluding hydrogens is 174 g/mol. The van der Waals surface area contributed by atoms with Crippen LogP contribution in [0.3, 0.4) is 0 Å². The average Bonchev–Trinajstić information content (AvgIpc) is 2.53. The Morgan fingerprint density at radius 2 is 2.42 bits per heavy atom. The minimum atomic E-state index is -0.893. The molecule has 0 spiro atoms. The van der Waals surface area contributed by atoms with Crippen molar-refractivity contribution in [1.82, 2.24) is 4.98 Å². The first-order valence-electron chi connectivity index (χ1n) is 3.49. The van der Waals surface area contributed by atoms with E-state index in [-0.39, 0.29) is 0 Å². The lowest BCUT2D eigenvalue weighted by molar-refractivity contribution is 0.0691. The number of fused-ring (bicyclic) bond motifs is 1. The Bertz CT molecular complexity index is 441. The van der Waals surface area contributed by atoms with Crippen molar-refractivity contribution in [3.05, 3.63) is 22.7 Å². The van der Waals surface area contributed by atoms with Crippen LogP contribution in [0.15, 0.2) is 11.4 Å². The van der Waals surface area contributed by atoms with Gasteiger partial charge in [0.2, 0.25) is 0 Å². The lowest BCUT2D eigenvalue weighted by Crippen LogP contribution is -1.98. The number of aromatic amines is 1. The molecule has 0 aromatic carbocycles. The van der Waals surface area contributed by atoms with Crippen molar-refractivity contribution in [3.8, 4) is 0 Å². The monoisotopic (exact) mass is 181 g/mol. The van der Waals surface area contributed by atoms with E-state index in [4.69, 9.17) is 5.11 Å². The second-order valence-corrected chi connectivity index (χ2v) is 3.51. The van der Waals surface area contributed by atoms with Crippen LogP contribution in [0.5, 0.6) is 0 Å². The van der Waals surface area contributed by atoms with Crippen molar-refractivity contribution >= 4 is 27.5 Å². The number of thiophene rings is 1. The number of aromatic nitrogens is 1. The van der Waals surface area contributed by atoms with Crippen molar-refractivity contribution in [3.63, 3.8) is 0 Å². The summed E-state index contributed by atoms with van der Waals surface area (Å²) in [5.41, 5.74) is 2.04. The Hall–Kier alpha value is -1.29. The summed E-state index contributed by atoms with van der Waals surface area (Å²) in [6, 6.07) is 1.89. The fourth-order valence-corrected chi connectivity index (χ4v) is 2.12. The molecule has 4 heteroatoms. The Kier molecular flexibility index (Phi) is 1.44. The highest BCUT2D eigenvalue weighted by Crippen LogP contribution is 2.26. The van der Waals surface area contributed by atoms with Crippen LogP contribution in [0.2, 0.25) is 0 Å². The molecule has 0 saturated heterocycles. The van der Waals surface area contributed by atoms with Crippen molar-refractivity contribution in [2.75, 3.05) is 0 Å². The normalized spacial score (nSPS) is 10.8. The second kappa shape index (κ2) is 2.35. The molecule has 0 radical (unpaired) electrons. The topological polar surface area (TPSA) is 53.1 Å². The summed E-state index contributed by atoms with van der Waals surface area (Å²) in [5, 5.41) is 10.7. The van der Waals surface area contributed by atoms with Crippen molar-refractivity contribution in [2.45, 2.75) is 6.92 Å². The van der Waals surface area contributed by atoms with Gasteiger partial charge in [-0.2, -0.15) is 0 Å². The van der Waals surface area contributed by atoms with E-state index in [1.807, 2.05) is 18.4 Å². The molecule has 0 atom stereocenters. The summed E-state index contributed by atoms with van der Waals surface area (Å²) in [6.45, 7) is 1.82. The van der Waals surface area contributed by atoms with E-state index in [1.165, 1.54) is 0 Å². The smallest absolute Gasteiger partial charge is 0.352 e. The summed E-state index contributed by atoms with van der Waals surface area (Å²) in [4.78, 5) is 13.5. The molecule has 62 valence electrons. The number of hydrogen-bond acceptors (Lipinski definition) is 2. The third-order valence-corrected chi connectivity index (χ3v) is 2.89. The number of hydrogen-bond donors (Lipinski definition) is 2. The van der Waals surface area contributed by atoms with Gasteiger partial charge in [-0.15, -0.1) is 11.3 Å². The predicted molar refractivity (Wildman–Crippen MR) is 47.9 cm³/mol. The van der Waals surface area contributed by atoms with Gasteiger partial charge in [0.15, 0.2) is 0 Å². The number of aromatic carboxylic acids is 1. The molecule has 0 aliphatic heterocycles. The van der Waals surface area contributed by atoms with Crippen molar-refractivity contribution in [2.24, 2.45) is 0 Å². The maximum atomic E-state index is 10.7. The van der Waals surface area contributed by atoms with Gasteiger partial charge < -0.3 is 10.1 Å². The molecule has 0 amide bonds. The van der Waals surface area contributed by atoms with Crippen molar-refractivity contribution in [1.29, 1.82) is 0 Å². The van der Waals surface area contributed by atoms with Crippen LogP contribution < -0.4 is 0 Å². The summed E-state index contributed by atoms with van der Waals surface area (Å²) in [6.07, 6.45) is 0. The van der Waals surface area contributed by atoms with Crippen molar-refractivity contribution < 1.29 is 9.90 Å². The van der Waals surface area contributed by atoms with E-state index in [0.29, 0.717) is 5.69 Å². The maximum Gasteiger partial charge on any atom is 0.352 e. The predicted octanol–water partition coefficient (Wildman–Crippen LogP) is 2.24. The Morgan fingerprint density at radius 1 is 1.67 bits per heavy atom. The highest BCUT2D eigenvalue weighted by molar-refractivity contribution is 7.17. The zero-order valence-corrected chi connectivity index (χ0v) is 7.23. The molecule has 0 unspecified atom stereocenters. The van der Waals surface area contributed by atoms with E-state index in [1.54, 1.807) is 11.3 Å². The third-order valence-electron chi connectivity index (χ3n) is 1.85. The zero-order valence-electron chi connectivity index (χ0n) is 6.42. The molecule has 0 bridgehead atoms. The lowest BCUT2D eigenvalue weighted by atomic mass is 10.3. The molecule has 0 aliphatic carbocycles. The van der Waals surface area contributed by atoms with Crippen LogP contribution in [0.25, 0.3) is 10.2 Å². The van der Waals surface area contributed by atoms with Crippen LogP contribution >= 0.6 is 11.3 Å². The summed E-state index contributed by atoms with van der Waals surface area (Å²) in [7, 11) is 0. The minimum Gasteiger partial charge on any atom is -0.477 e. The molecule has 12 heavy (non-hydrogen) atoms. The molecule has 0 aliphatic rings. The standard InChI is InChI=1S/C8H7NO2S/c1-4-6(8(10)11)9-5-2-3-12-7(4)5/h2-3,9H,1H3,(H,10,11). The van der Waals surface area contributed by atoms with E-state index in [2.05, 4.69) is 4.98 Å². The van der Waals surface area contributed by atoms with Crippen LogP contribution in [-0.2, 0) is 0 Å². The minimum absolute atomic E-state index is 0.303. The number of aryl methyl sites for hydroxylation is 1. The van der Waals surface area contributed by atoms with E-state index in [0.717, 1.165) is 15.8 Å².